The first-order chi connectivity index (χ1) is 8.28. The molecule has 3 heteroatoms. The minimum Gasteiger partial charge on any atom is -0.330 e. The van der Waals surface area contributed by atoms with Crippen LogP contribution in [0.4, 0.5) is 0 Å². The molecular weight excluding hydrogens is 210 g/mol. The molecule has 1 aromatic carbocycles. The highest BCUT2D eigenvalue weighted by atomic mass is 14.9. The lowest BCUT2D eigenvalue weighted by Crippen LogP contribution is -2.06. The quantitative estimate of drug-likeness (QED) is 0.867. The molecule has 0 saturated heterocycles. The van der Waals surface area contributed by atoms with Gasteiger partial charge in [-0.05, 0) is 25.1 Å². The molecular formula is C14H17N3. The number of nitrogens with zero attached hydrogens (tertiary/aromatic N) is 2. The van der Waals surface area contributed by atoms with Gasteiger partial charge in [0.25, 0.3) is 0 Å². The molecule has 2 N–H and O–H groups in total. The van der Waals surface area contributed by atoms with Crippen LogP contribution < -0.4 is 5.73 Å². The third-order valence-electron chi connectivity index (χ3n) is 2.65. The van der Waals surface area contributed by atoms with Crippen LogP contribution in [0.2, 0.25) is 0 Å². The van der Waals surface area contributed by atoms with Crippen LogP contribution in [0, 0.1) is 6.92 Å². The van der Waals surface area contributed by atoms with Gasteiger partial charge in [0.05, 0.1) is 0 Å². The fourth-order valence-electron chi connectivity index (χ4n) is 1.70. The van der Waals surface area contributed by atoms with E-state index in [0.29, 0.717) is 6.54 Å². The lowest BCUT2D eigenvalue weighted by atomic mass is 10.1. The Balaban J connectivity index is 2.12. The molecule has 0 aliphatic carbocycles. The SMILES string of the molecule is Cc1ccc(Cc2nccc(CCN)n2)cc1. The van der Waals surface area contributed by atoms with Gasteiger partial charge in [0.1, 0.15) is 5.82 Å². The molecule has 2 rings (SSSR count). The summed E-state index contributed by atoms with van der Waals surface area (Å²) in [6.45, 7) is 2.71. The topological polar surface area (TPSA) is 51.8 Å². The van der Waals surface area contributed by atoms with E-state index in [0.717, 1.165) is 24.4 Å². The van der Waals surface area contributed by atoms with Gasteiger partial charge in [-0.2, -0.15) is 0 Å². The van der Waals surface area contributed by atoms with Crippen molar-refractivity contribution in [2.24, 2.45) is 5.73 Å². The van der Waals surface area contributed by atoms with E-state index in [9.17, 15) is 0 Å². The maximum Gasteiger partial charge on any atom is 0.132 e. The Kier molecular flexibility index (Phi) is 3.83. The predicted octanol–water partition coefficient (Wildman–Crippen LogP) is 1.88. The lowest BCUT2D eigenvalue weighted by molar-refractivity contribution is 0.866. The minimum absolute atomic E-state index is 0.626. The highest BCUT2D eigenvalue weighted by Crippen LogP contribution is 2.07. The van der Waals surface area contributed by atoms with Crippen LogP contribution in [-0.2, 0) is 12.8 Å². The zero-order valence-corrected chi connectivity index (χ0v) is 10.1. The molecule has 0 aliphatic heterocycles. The Bertz CT molecular complexity index is 477. The van der Waals surface area contributed by atoms with Crippen molar-refractivity contribution in [3.63, 3.8) is 0 Å². The third-order valence-corrected chi connectivity index (χ3v) is 2.65. The van der Waals surface area contributed by atoms with Gasteiger partial charge in [0.2, 0.25) is 0 Å². The Hall–Kier alpha value is -1.74. The van der Waals surface area contributed by atoms with E-state index in [-0.39, 0.29) is 0 Å². The summed E-state index contributed by atoms with van der Waals surface area (Å²) in [5.41, 5.74) is 9.04. The van der Waals surface area contributed by atoms with E-state index in [2.05, 4.69) is 41.2 Å². The van der Waals surface area contributed by atoms with Crippen molar-refractivity contribution in [1.82, 2.24) is 9.97 Å². The number of rotatable bonds is 4. The van der Waals surface area contributed by atoms with Crippen LogP contribution in [0.1, 0.15) is 22.6 Å². The summed E-state index contributed by atoms with van der Waals surface area (Å²) in [5, 5.41) is 0. The molecule has 0 amide bonds. The third kappa shape index (κ3) is 3.36. The van der Waals surface area contributed by atoms with E-state index in [4.69, 9.17) is 5.73 Å². The lowest BCUT2D eigenvalue weighted by Gasteiger charge is -2.03. The fraction of sp³-hybridized carbons (Fsp3) is 0.286. The van der Waals surface area contributed by atoms with Gasteiger partial charge >= 0.3 is 0 Å². The summed E-state index contributed by atoms with van der Waals surface area (Å²) in [6.07, 6.45) is 3.39. The smallest absolute Gasteiger partial charge is 0.132 e. The summed E-state index contributed by atoms with van der Waals surface area (Å²) in [7, 11) is 0. The number of benzene rings is 1. The van der Waals surface area contributed by atoms with Crippen LogP contribution in [0.15, 0.2) is 36.5 Å². The highest BCUT2D eigenvalue weighted by molar-refractivity contribution is 5.24. The van der Waals surface area contributed by atoms with Gasteiger partial charge < -0.3 is 5.73 Å². The molecule has 17 heavy (non-hydrogen) atoms. The molecule has 0 bridgehead atoms. The molecule has 0 unspecified atom stereocenters. The molecule has 1 heterocycles. The molecule has 0 aliphatic rings. The Morgan fingerprint density at radius 3 is 2.59 bits per heavy atom. The maximum atomic E-state index is 5.52. The molecule has 0 saturated carbocycles. The second-order valence-corrected chi connectivity index (χ2v) is 4.17. The van der Waals surface area contributed by atoms with Gasteiger partial charge in [-0.1, -0.05) is 29.8 Å². The van der Waals surface area contributed by atoms with E-state index in [1.807, 2.05) is 12.3 Å². The number of hydrogen-bond donors (Lipinski definition) is 1. The molecule has 0 spiro atoms. The van der Waals surface area contributed by atoms with E-state index in [1.54, 1.807) is 0 Å². The van der Waals surface area contributed by atoms with Gasteiger partial charge in [-0.25, -0.2) is 9.97 Å². The molecule has 0 radical (unpaired) electrons. The molecule has 0 fully saturated rings. The summed E-state index contributed by atoms with van der Waals surface area (Å²) in [6, 6.07) is 10.4. The fourth-order valence-corrected chi connectivity index (χ4v) is 1.70. The van der Waals surface area contributed by atoms with Crippen LogP contribution in [0.3, 0.4) is 0 Å². The van der Waals surface area contributed by atoms with Crippen molar-refractivity contribution < 1.29 is 0 Å². The number of nitrogens with two attached hydrogens (primary N) is 1. The van der Waals surface area contributed by atoms with E-state index in [1.165, 1.54) is 11.1 Å². The molecule has 88 valence electrons. The van der Waals surface area contributed by atoms with Crippen LogP contribution in [0.25, 0.3) is 0 Å². The normalized spacial score (nSPS) is 10.5. The first kappa shape index (κ1) is 11.7. The van der Waals surface area contributed by atoms with Crippen molar-refractivity contribution in [3.05, 3.63) is 59.2 Å². The van der Waals surface area contributed by atoms with Crippen molar-refractivity contribution in [2.45, 2.75) is 19.8 Å². The van der Waals surface area contributed by atoms with Crippen LogP contribution >= 0.6 is 0 Å². The van der Waals surface area contributed by atoms with Gasteiger partial charge in [0, 0.05) is 24.7 Å². The van der Waals surface area contributed by atoms with Crippen molar-refractivity contribution >= 4 is 0 Å². The van der Waals surface area contributed by atoms with Gasteiger partial charge in [-0.3, -0.25) is 0 Å². The summed E-state index contributed by atoms with van der Waals surface area (Å²) in [4.78, 5) is 8.78. The molecule has 0 atom stereocenters. The second kappa shape index (κ2) is 5.55. The monoisotopic (exact) mass is 227 g/mol. The Labute approximate surface area is 102 Å². The van der Waals surface area contributed by atoms with Gasteiger partial charge in [-0.15, -0.1) is 0 Å². The maximum absolute atomic E-state index is 5.52. The Morgan fingerprint density at radius 1 is 1.12 bits per heavy atom. The largest absolute Gasteiger partial charge is 0.330 e. The summed E-state index contributed by atoms with van der Waals surface area (Å²) >= 11 is 0. The second-order valence-electron chi connectivity index (χ2n) is 4.17. The number of aryl methyl sites for hydroxylation is 1. The van der Waals surface area contributed by atoms with Crippen molar-refractivity contribution in [2.75, 3.05) is 6.54 Å². The highest BCUT2D eigenvalue weighted by Gasteiger charge is 2.00. The minimum atomic E-state index is 0.626. The zero-order chi connectivity index (χ0) is 12.1. The van der Waals surface area contributed by atoms with E-state index >= 15 is 0 Å². The van der Waals surface area contributed by atoms with Crippen LogP contribution in [-0.4, -0.2) is 16.5 Å². The first-order valence-electron chi connectivity index (χ1n) is 5.84. The first-order valence-corrected chi connectivity index (χ1v) is 5.84. The summed E-state index contributed by atoms with van der Waals surface area (Å²) in [5.74, 6) is 0.861. The molecule has 3 nitrogen and oxygen atoms in total. The van der Waals surface area contributed by atoms with Gasteiger partial charge in [0.15, 0.2) is 0 Å². The molecule has 2 aromatic rings. The van der Waals surface area contributed by atoms with Crippen molar-refractivity contribution in [1.29, 1.82) is 0 Å². The summed E-state index contributed by atoms with van der Waals surface area (Å²) < 4.78 is 0. The molecule has 1 aromatic heterocycles. The standard InChI is InChI=1S/C14H17N3/c1-11-2-4-12(5-3-11)10-14-16-9-7-13(17-14)6-8-15/h2-5,7,9H,6,8,10,15H2,1H3. The van der Waals surface area contributed by atoms with Crippen LogP contribution in [0.5, 0.6) is 0 Å². The average Bonchev–Trinajstić information content (AvgIpc) is 2.33. The van der Waals surface area contributed by atoms with E-state index < -0.39 is 0 Å². The Morgan fingerprint density at radius 2 is 1.88 bits per heavy atom. The predicted molar refractivity (Wildman–Crippen MR) is 68.8 cm³/mol. The number of hydrogen-bond acceptors (Lipinski definition) is 3. The average molecular weight is 227 g/mol. The number of aromatic nitrogens is 2. The van der Waals surface area contributed by atoms with Crippen molar-refractivity contribution in [3.8, 4) is 0 Å². The zero-order valence-electron chi connectivity index (χ0n) is 10.1.